The van der Waals surface area contributed by atoms with Crippen LogP contribution < -0.4 is 0 Å². The summed E-state index contributed by atoms with van der Waals surface area (Å²) in [6.07, 6.45) is 7.01. The third-order valence-electron chi connectivity index (χ3n) is 4.38. The highest BCUT2D eigenvalue weighted by molar-refractivity contribution is 5.93. The molecule has 1 heterocycles. The molecular weight excluding hydrogens is 214 g/mol. The lowest BCUT2D eigenvalue weighted by Gasteiger charge is -2.41. The fourth-order valence-electron chi connectivity index (χ4n) is 3.14. The summed E-state index contributed by atoms with van der Waals surface area (Å²) in [6, 6.07) is 0. The van der Waals surface area contributed by atoms with Gasteiger partial charge in [0.1, 0.15) is 0 Å². The van der Waals surface area contributed by atoms with Gasteiger partial charge in [-0.05, 0) is 39.0 Å². The molecule has 0 aromatic heterocycles. The molecule has 17 heavy (non-hydrogen) atoms. The summed E-state index contributed by atoms with van der Waals surface area (Å²) in [5, 5.41) is 0. The van der Waals surface area contributed by atoms with E-state index in [9.17, 15) is 9.59 Å². The molecule has 0 aromatic rings. The van der Waals surface area contributed by atoms with E-state index >= 15 is 0 Å². The van der Waals surface area contributed by atoms with E-state index in [0.717, 1.165) is 13.0 Å². The monoisotopic (exact) mass is 237 g/mol. The second-order valence-corrected chi connectivity index (χ2v) is 5.99. The van der Waals surface area contributed by atoms with E-state index in [2.05, 4.69) is 0 Å². The Kier molecular flexibility index (Phi) is 3.55. The first kappa shape index (κ1) is 12.6. The Morgan fingerprint density at radius 1 is 1.29 bits per heavy atom. The standard InChI is InChI=1S/C14H23NO2/c1-14(2)12(16)8-5-9-15(14)13(17)10-11-6-3-4-7-11/h11H,3-10H2,1-2H3. The van der Waals surface area contributed by atoms with E-state index in [4.69, 9.17) is 0 Å². The maximum atomic E-state index is 12.3. The largest absolute Gasteiger partial charge is 0.331 e. The first-order valence-electron chi connectivity index (χ1n) is 6.85. The van der Waals surface area contributed by atoms with E-state index < -0.39 is 5.54 Å². The van der Waals surface area contributed by atoms with Crippen LogP contribution in [0.1, 0.15) is 58.8 Å². The summed E-state index contributed by atoms with van der Waals surface area (Å²) >= 11 is 0. The zero-order valence-electron chi connectivity index (χ0n) is 11.0. The lowest BCUT2D eigenvalue weighted by molar-refractivity contribution is -0.148. The van der Waals surface area contributed by atoms with Gasteiger partial charge in [0.25, 0.3) is 0 Å². The molecule has 1 saturated carbocycles. The SMILES string of the molecule is CC1(C)C(=O)CCCN1C(=O)CC1CCCC1. The second-order valence-electron chi connectivity index (χ2n) is 5.99. The molecule has 1 aliphatic heterocycles. The maximum absolute atomic E-state index is 12.3. The molecule has 0 unspecified atom stereocenters. The maximum Gasteiger partial charge on any atom is 0.223 e. The van der Waals surface area contributed by atoms with Gasteiger partial charge in [0, 0.05) is 19.4 Å². The number of carbonyl (C=O) groups is 2. The van der Waals surface area contributed by atoms with Crippen LogP contribution in [-0.4, -0.2) is 28.7 Å². The van der Waals surface area contributed by atoms with Gasteiger partial charge in [0.05, 0.1) is 5.54 Å². The number of likely N-dealkylation sites (tertiary alicyclic amines) is 1. The molecule has 0 aromatic carbocycles. The molecular formula is C14H23NO2. The number of hydrogen-bond donors (Lipinski definition) is 0. The summed E-state index contributed by atoms with van der Waals surface area (Å²) in [7, 11) is 0. The first-order chi connectivity index (χ1) is 8.01. The van der Waals surface area contributed by atoms with Crippen LogP contribution in [0, 0.1) is 5.92 Å². The van der Waals surface area contributed by atoms with Crippen molar-refractivity contribution < 1.29 is 9.59 Å². The topological polar surface area (TPSA) is 37.4 Å². The van der Waals surface area contributed by atoms with Crippen LogP contribution in [0.3, 0.4) is 0 Å². The van der Waals surface area contributed by atoms with Crippen molar-refractivity contribution in [2.75, 3.05) is 6.54 Å². The van der Waals surface area contributed by atoms with Crippen molar-refractivity contribution in [3.63, 3.8) is 0 Å². The molecule has 0 N–H and O–H groups in total. The molecule has 2 fully saturated rings. The summed E-state index contributed by atoms with van der Waals surface area (Å²) < 4.78 is 0. The van der Waals surface area contributed by atoms with Gasteiger partial charge in [-0.2, -0.15) is 0 Å². The average Bonchev–Trinajstić information content (AvgIpc) is 2.74. The van der Waals surface area contributed by atoms with Crippen LogP contribution in [0.25, 0.3) is 0 Å². The molecule has 1 aliphatic carbocycles. The Bertz CT molecular complexity index is 316. The summed E-state index contributed by atoms with van der Waals surface area (Å²) in [5.74, 6) is 0.966. The van der Waals surface area contributed by atoms with Crippen molar-refractivity contribution in [3.05, 3.63) is 0 Å². The van der Waals surface area contributed by atoms with E-state index in [1.807, 2.05) is 18.7 Å². The van der Waals surface area contributed by atoms with Crippen molar-refractivity contribution in [3.8, 4) is 0 Å². The summed E-state index contributed by atoms with van der Waals surface area (Å²) in [6.45, 7) is 4.53. The average molecular weight is 237 g/mol. The van der Waals surface area contributed by atoms with Gasteiger partial charge in [0.2, 0.25) is 5.91 Å². The van der Waals surface area contributed by atoms with Crippen LogP contribution in [0.2, 0.25) is 0 Å². The summed E-state index contributed by atoms with van der Waals surface area (Å²) in [4.78, 5) is 26.0. The fraction of sp³-hybridized carbons (Fsp3) is 0.857. The minimum Gasteiger partial charge on any atom is -0.331 e. The number of hydrogen-bond acceptors (Lipinski definition) is 2. The van der Waals surface area contributed by atoms with Crippen molar-refractivity contribution in [2.24, 2.45) is 5.92 Å². The van der Waals surface area contributed by atoms with Gasteiger partial charge in [-0.25, -0.2) is 0 Å². The van der Waals surface area contributed by atoms with Gasteiger partial charge >= 0.3 is 0 Å². The Hall–Kier alpha value is -0.860. The number of nitrogens with zero attached hydrogens (tertiary/aromatic N) is 1. The molecule has 3 heteroatoms. The van der Waals surface area contributed by atoms with Gasteiger partial charge in [-0.1, -0.05) is 12.8 Å². The highest BCUT2D eigenvalue weighted by atomic mass is 16.2. The lowest BCUT2D eigenvalue weighted by Crippen LogP contribution is -2.56. The summed E-state index contributed by atoms with van der Waals surface area (Å²) in [5.41, 5.74) is -0.575. The van der Waals surface area contributed by atoms with Crippen molar-refractivity contribution >= 4 is 11.7 Å². The number of ketones is 1. The predicted octanol–water partition coefficient (Wildman–Crippen LogP) is 2.54. The van der Waals surface area contributed by atoms with E-state index in [1.165, 1.54) is 25.7 Å². The number of rotatable bonds is 2. The van der Waals surface area contributed by atoms with Gasteiger partial charge < -0.3 is 4.90 Å². The molecule has 1 amide bonds. The van der Waals surface area contributed by atoms with Crippen LogP contribution in [0.15, 0.2) is 0 Å². The van der Waals surface area contributed by atoms with Crippen molar-refractivity contribution in [1.82, 2.24) is 4.90 Å². The van der Waals surface area contributed by atoms with Crippen LogP contribution in [0.5, 0.6) is 0 Å². The molecule has 0 atom stereocenters. The fourth-order valence-corrected chi connectivity index (χ4v) is 3.14. The van der Waals surface area contributed by atoms with E-state index in [1.54, 1.807) is 0 Å². The molecule has 2 rings (SSSR count). The van der Waals surface area contributed by atoms with Crippen LogP contribution in [0.4, 0.5) is 0 Å². The van der Waals surface area contributed by atoms with Gasteiger partial charge in [-0.3, -0.25) is 9.59 Å². The molecule has 0 spiro atoms. The number of Topliss-reactive ketones (excluding diaryl/α,β-unsaturated/α-hetero) is 1. The predicted molar refractivity (Wildman–Crippen MR) is 66.6 cm³/mol. The minimum atomic E-state index is -0.575. The zero-order valence-corrected chi connectivity index (χ0v) is 11.0. The molecule has 3 nitrogen and oxygen atoms in total. The van der Waals surface area contributed by atoms with Crippen molar-refractivity contribution in [2.45, 2.75) is 64.3 Å². The first-order valence-corrected chi connectivity index (χ1v) is 6.85. The Morgan fingerprint density at radius 2 is 1.94 bits per heavy atom. The molecule has 1 saturated heterocycles. The Labute approximate surface area is 104 Å². The van der Waals surface area contributed by atoms with Crippen LogP contribution in [-0.2, 0) is 9.59 Å². The van der Waals surface area contributed by atoms with E-state index in [-0.39, 0.29) is 11.7 Å². The molecule has 2 aliphatic rings. The third kappa shape index (κ3) is 2.53. The number of piperidine rings is 1. The van der Waals surface area contributed by atoms with Gasteiger partial charge in [-0.15, -0.1) is 0 Å². The van der Waals surface area contributed by atoms with Crippen molar-refractivity contribution in [1.29, 1.82) is 0 Å². The van der Waals surface area contributed by atoms with E-state index in [0.29, 0.717) is 18.8 Å². The molecule has 0 bridgehead atoms. The van der Waals surface area contributed by atoms with Gasteiger partial charge in [0.15, 0.2) is 5.78 Å². The number of amides is 1. The molecule has 0 radical (unpaired) electrons. The Morgan fingerprint density at radius 3 is 2.59 bits per heavy atom. The Balaban J connectivity index is 1.99. The molecule has 96 valence electrons. The second kappa shape index (κ2) is 4.79. The number of carbonyl (C=O) groups excluding carboxylic acids is 2. The highest BCUT2D eigenvalue weighted by Gasteiger charge is 2.40. The minimum absolute atomic E-state index is 0.190. The van der Waals surface area contributed by atoms with Crippen LogP contribution >= 0.6 is 0 Å². The zero-order chi connectivity index (χ0) is 12.5. The quantitative estimate of drug-likeness (QED) is 0.740. The lowest BCUT2D eigenvalue weighted by atomic mass is 9.88. The normalized spacial score (nSPS) is 25.3. The third-order valence-corrected chi connectivity index (χ3v) is 4.38. The smallest absolute Gasteiger partial charge is 0.223 e. The highest BCUT2D eigenvalue weighted by Crippen LogP contribution is 2.31.